The van der Waals surface area contributed by atoms with Gasteiger partial charge in [-0.2, -0.15) is 0 Å². The van der Waals surface area contributed by atoms with Crippen LogP contribution in [-0.2, 0) is 26.5 Å². The highest BCUT2D eigenvalue weighted by Crippen LogP contribution is 2.22. The Morgan fingerprint density at radius 1 is 1.23 bits per heavy atom. The van der Waals surface area contributed by atoms with Crippen LogP contribution >= 0.6 is 0 Å². The first kappa shape index (κ1) is 17.0. The molecule has 0 bridgehead atoms. The average molecular weight is 323 g/mol. The van der Waals surface area contributed by atoms with Crippen molar-refractivity contribution in [2.24, 2.45) is 0 Å². The number of nitrogens with one attached hydrogen (secondary N) is 1. The molecular weight excluding hydrogens is 298 g/mol. The van der Waals surface area contributed by atoms with Gasteiger partial charge >= 0.3 is 0 Å². The van der Waals surface area contributed by atoms with Crippen molar-refractivity contribution in [2.45, 2.75) is 51.5 Å². The third-order valence-corrected chi connectivity index (χ3v) is 5.83. The topological polar surface area (TPSA) is 63.2 Å². The molecule has 1 unspecified atom stereocenters. The minimum absolute atomic E-state index is 0.0676. The highest BCUT2D eigenvalue weighted by Gasteiger charge is 2.28. The van der Waals surface area contributed by atoms with Crippen molar-refractivity contribution in [1.82, 2.24) is 5.32 Å². The minimum Gasteiger partial charge on any atom is -0.352 e. The number of hydrogen-bond donors (Lipinski definition) is 1. The Morgan fingerprint density at radius 2 is 1.86 bits per heavy atom. The second-order valence-corrected chi connectivity index (χ2v) is 9.34. The van der Waals surface area contributed by atoms with Crippen LogP contribution in [0.25, 0.3) is 0 Å². The second-order valence-electron chi connectivity index (χ2n) is 7.11. The predicted octanol–water partition coefficient (Wildman–Crippen LogP) is 2.22. The Hall–Kier alpha value is -1.36. The van der Waals surface area contributed by atoms with Crippen LogP contribution in [0.5, 0.6) is 0 Å². The number of amides is 1. The van der Waals surface area contributed by atoms with Gasteiger partial charge in [0.2, 0.25) is 5.91 Å². The molecule has 0 aromatic heterocycles. The molecule has 1 amide bonds. The zero-order valence-electron chi connectivity index (χ0n) is 13.6. The highest BCUT2D eigenvalue weighted by atomic mass is 32.2. The molecule has 1 aromatic carbocycles. The summed E-state index contributed by atoms with van der Waals surface area (Å²) in [6.45, 7) is 6.52. The maximum Gasteiger partial charge on any atom is 0.220 e. The summed E-state index contributed by atoms with van der Waals surface area (Å²) in [6.07, 6.45) is 1.61. The molecule has 0 radical (unpaired) electrons. The van der Waals surface area contributed by atoms with Gasteiger partial charge in [0.15, 0.2) is 9.84 Å². The quantitative estimate of drug-likeness (QED) is 0.924. The monoisotopic (exact) mass is 323 g/mol. The number of carbonyl (C=O) groups excluding carboxylic acids is 1. The molecule has 1 fully saturated rings. The molecule has 1 saturated heterocycles. The van der Waals surface area contributed by atoms with E-state index >= 15 is 0 Å². The average Bonchev–Trinajstić information content (AvgIpc) is 2.75. The Labute approximate surface area is 133 Å². The number of carbonyl (C=O) groups is 1. The van der Waals surface area contributed by atoms with Crippen molar-refractivity contribution in [3.8, 4) is 0 Å². The molecule has 1 N–H and O–H groups in total. The Morgan fingerprint density at radius 3 is 2.36 bits per heavy atom. The highest BCUT2D eigenvalue weighted by molar-refractivity contribution is 7.91. The van der Waals surface area contributed by atoms with Crippen molar-refractivity contribution >= 4 is 15.7 Å². The van der Waals surface area contributed by atoms with E-state index in [-0.39, 0.29) is 28.9 Å². The van der Waals surface area contributed by atoms with E-state index in [2.05, 4.69) is 50.4 Å². The van der Waals surface area contributed by atoms with Crippen LogP contribution in [0, 0.1) is 0 Å². The fraction of sp³-hybridized carbons (Fsp3) is 0.588. The zero-order valence-corrected chi connectivity index (χ0v) is 14.4. The lowest BCUT2D eigenvalue weighted by molar-refractivity contribution is -0.121. The molecule has 1 aromatic rings. The minimum atomic E-state index is -2.94. The molecule has 1 heterocycles. The molecule has 0 spiro atoms. The van der Waals surface area contributed by atoms with Gasteiger partial charge < -0.3 is 5.32 Å². The third kappa shape index (κ3) is 4.83. The van der Waals surface area contributed by atoms with Crippen molar-refractivity contribution in [3.05, 3.63) is 35.4 Å². The van der Waals surface area contributed by atoms with E-state index in [1.165, 1.54) is 5.56 Å². The zero-order chi connectivity index (χ0) is 16.4. The van der Waals surface area contributed by atoms with E-state index in [0.717, 1.165) is 5.56 Å². The smallest absolute Gasteiger partial charge is 0.220 e. The summed E-state index contributed by atoms with van der Waals surface area (Å²) in [5.41, 5.74) is 2.53. The van der Waals surface area contributed by atoms with E-state index in [1.54, 1.807) is 0 Å². The second kappa shape index (κ2) is 6.41. The van der Waals surface area contributed by atoms with Gasteiger partial charge in [-0.15, -0.1) is 0 Å². The molecule has 0 saturated carbocycles. The Bertz CT molecular complexity index is 627. The molecular formula is C17H25NO3S. The summed E-state index contributed by atoms with van der Waals surface area (Å²) >= 11 is 0. The normalized spacial score (nSPS) is 20.8. The van der Waals surface area contributed by atoms with Gasteiger partial charge in [0, 0.05) is 12.5 Å². The van der Waals surface area contributed by atoms with Crippen molar-refractivity contribution in [3.63, 3.8) is 0 Å². The molecule has 122 valence electrons. The van der Waals surface area contributed by atoms with Gasteiger partial charge in [-0.1, -0.05) is 45.0 Å². The third-order valence-electron chi connectivity index (χ3n) is 4.06. The van der Waals surface area contributed by atoms with E-state index in [4.69, 9.17) is 0 Å². The van der Waals surface area contributed by atoms with Crippen molar-refractivity contribution in [1.29, 1.82) is 0 Å². The maximum absolute atomic E-state index is 11.9. The molecule has 1 aliphatic rings. The van der Waals surface area contributed by atoms with Gasteiger partial charge in [-0.3, -0.25) is 4.79 Å². The molecule has 22 heavy (non-hydrogen) atoms. The van der Waals surface area contributed by atoms with Gasteiger partial charge in [0.1, 0.15) is 0 Å². The van der Waals surface area contributed by atoms with Gasteiger partial charge in [0.25, 0.3) is 0 Å². The number of hydrogen-bond acceptors (Lipinski definition) is 3. The van der Waals surface area contributed by atoms with Crippen LogP contribution in [0.15, 0.2) is 24.3 Å². The largest absolute Gasteiger partial charge is 0.352 e. The first-order valence-electron chi connectivity index (χ1n) is 7.75. The lowest BCUT2D eigenvalue weighted by Crippen LogP contribution is -2.35. The Kier molecular flexibility index (Phi) is 4.95. The lowest BCUT2D eigenvalue weighted by Gasteiger charge is -2.19. The molecule has 5 heteroatoms. The van der Waals surface area contributed by atoms with Crippen LogP contribution < -0.4 is 5.32 Å². The van der Waals surface area contributed by atoms with E-state index < -0.39 is 9.84 Å². The fourth-order valence-electron chi connectivity index (χ4n) is 2.64. The standard InChI is InChI=1S/C17H25NO3S/c1-17(2,3)14-7-4-13(5-8-14)6-9-16(19)18-15-10-11-22(20,21)12-15/h4-5,7-8,15H,6,9-12H2,1-3H3,(H,18,19). The van der Waals surface area contributed by atoms with Crippen LogP contribution in [0.1, 0.15) is 44.7 Å². The molecule has 0 aliphatic carbocycles. The summed E-state index contributed by atoms with van der Waals surface area (Å²) in [6, 6.07) is 8.13. The maximum atomic E-state index is 11.9. The number of aryl methyl sites for hydroxylation is 1. The molecule has 2 rings (SSSR count). The molecule has 1 aliphatic heterocycles. The van der Waals surface area contributed by atoms with Crippen LogP contribution in [-0.4, -0.2) is 31.9 Å². The van der Waals surface area contributed by atoms with Crippen molar-refractivity contribution < 1.29 is 13.2 Å². The van der Waals surface area contributed by atoms with E-state index in [1.807, 2.05) is 0 Å². The summed E-state index contributed by atoms with van der Waals surface area (Å²) in [5, 5.41) is 2.82. The SMILES string of the molecule is CC(C)(C)c1ccc(CCC(=O)NC2CCS(=O)(=O)C2)cc1. The summed E-state index contributed by atoms with van der Waals surface area (Å²) < 4.78 is 22.7. The molecule has 4 nitrogen and oxygen atoms in total. The number of rotatable bonds is 4. The fourth-order valence-corrected chi connectivity index (χ4v) is 4.31. The number of sulfone groups is 1. The van der Waals surface area contributed by atoms with Gasteiger partial charge in [-0.25, -0.2) is 8.42 Å². The summed E-state index contributed by atoms with van der Waals surface area (Å²) in [5.74, 6) is 0.201. The van der Waals surface area contributed by atoms with Crippen LogP contribution in [0.2, 0.25) is 0 Å². The predicted molar refractivity (Wildman–Crippen MR) is 88.7 cm³/mol. The van der Waals surface area contributed by atoms with Gasteiger partial charge in [-0.05, 0) is 29.4 Å². The summed E-state index contributed by atoms with van der Waals surface area (Å²) in [4.78, 5) is 11.9. The van der Waals surface area contributed by atoms with Gasteiger partial charge in [0.05, 0.1) is 11.5 Å². The molecule has 1 atom stereocenters. The Balaban J connectivity index is 1.81. The summed E-state index contributed by atoms with van der Waals surface area (Å²) in [7, 11) is -2.94. The van der Waals surface area contributed by atoms with Crippen LogP contribution in [0.3, 0.4) is 0 Å². The van der Waals surface area contributed by atoms with E-state index in [0.29, 0.717) is 19.3 Å². The lowest BCUT2D eigenvalue weighted by atomic mass is 9.86. The van der Waals surface area contributed by atoms with Crippen LogP contribution in [0.4, 0.5) is 0 Å². The van der Waals surface area contributed by atoms with E-state index in [9.17, 15) is 13.2 Å². The number of benzene rings is 1. The first-order valence-corrected chi connectivity index (χ1v) is 9.57. The van der Waals surface area contributed by atoms with Crippen molar-refractivity contribution in [2.75, 3.05) is 11.5 Å². The first-order chi connectivity index (χ1) is 10.2.